The first-order chi connectivity index (χ1) is 16.1. The Kier molecular flexibility index (Phi) is 8.90. The average Bonchev–Trinajstić information content (AvgIpc) is 2.83. The molecule has 5 heteroatoms. The van der Waals surface area contributed by atoms with E-state index >= 15 is 0 Å². The summed E-state index contributed by atoms with van der Waals surface area (Å²) in [5, 5.41) is 0. The first-order valence-electron chi connectivity index (χ1n) is 12.7. The van der Waals surface area contributed by atoms with Crippen molar-refractivity contribution in [3.8, 4) is 23.0 Å². The number of hydrogen-bond donors (Lipinski definition) is 0. The van der Waals surface area contributed by atoms with Crippen molar-refractivity contribution >= 4 is 0 Å². The Balaban J connectivity index is 1.21. The Morgan fingerprint density at radius 1 is 0.515 bits per heavy atom. The van der Waals surface area contributed by atoms with Crippen molar-refractivity contribution in [2.24, 2.45) is 0 Å². The maximum absolute atomic E-state index is 6.03. The van der Waals surface area contributed by atoms with Gasteiger partial charge in [0.2, 0.25) is 0 Å². The molecular weight excluding hydrogens is 416 g/mol. The third-order valence-corrected chi connectivity index (χ3v) is 6.36. The molecular formula is C28H38O5. The Labute approximate surface area is 198 Å². The molecule has 0 bridgehead atoms. The minimum Gasteiger partial charge on any atom is -0.465 e. The molecule has 180 valence electrons. The first kappa shape index (κ1) is 23.9. The Morgan fingerprint density at radius 3 is 1.21 bits per heavy atom. The molecule has 2 unspecified atom stereocenters. The lowest BCUT2D eigenvalue weighted by atomic mass is 9.98. The highest BCUT2D eigenvalue weighted by Crippen LogP contribution is 2.28. The quantitative estimate of drug-likeness (QED) is 0.345. The van der Waals surface area contributed by atoms with E-state index < -0.39 is 0 Å². The summed E-state index contributed by atoms with van der Waals surface area (Å²) in [5.74, 6) is 3.07. The second-order valence-electron chi connectivity index (χ2n) is 9.21. The molecule has 2 aliphatic rings. The van der Waals surface area contributed by atoms with E-state index in [4.69, 9.17) is 23.7 Å². The maximum atomic E-state index is 6.03. The molecule has 0 amide bonds. The highest BCUT2D eigenvalue weighted by Gasteiger charge is 2.18. The summed E-state index contributed by atoms with van der Waals surface area (Å²) < 4.78 is 29.9. The van der Waals surface area contributed by atoms with Crippen molar-refractivity contribution in [3.63, 3.8) is 0 Å². The van der Waals surface area contributed by atoms with Gasteiger partial charge in [0.25, 0.3) is 0 Å². The second-order valence-corrected chi connectivity index (χ2v) is 9.21. The van der Waals surface area contributed by atoms with Crippen molar-refractivity contribution in [2.75, 3.05) is 0 Å². The van der Waals surface area contributed by atoms with E-state index in [0.717, 1.165) is 48.7 Å². The fourth-order valence-electron chi connectivity index (χ4n) is 4.69. The minimum absolute atomic E-state index is 0.253. The number of ether oxygens (including phenoxy) is 5. The molecule has 2 aromatic carbocycles. The Morgan fingerprint density at radius 2 is 0.848 bits per heavy atom. The highest BCUT2D eigenvalue weighted by molar-refractivity contribution is 5.37. The Bertz CT molecular complexity index is 738. The Hall–Kier alpha value is -2.24. The van der Waals surface area contributed by atoms with Gasteiger partial charge in [0.15, 0.2) is 12.6 Å². The fourth-order valence-corrected chi connectivity index (χ4v) is 4.69. The summed E-state index contributed by atoms with van der Waals surface area (Å²) >= 11 is 0. The second kappa shape index (κ2) is 12.3. The van der Waals surface area contributed by atoms with Crippen LogP contribution in [0, 0.1) is 0 Å². The predicted molar refractivity (Wildman–Crippen MR) is 129 cm³/mol. The van der Waals surface area contributed by atoms with Crippen molar-refractivity contribution in [3.05, 3.63) is 48.5 Å². The van der Waals surface area contributed by atoms with Crippen LogP contribution < -0.4 is 14.2 Å². The van der Waals surface area contributed by atoms with Gasteiger partial charge in [0.05, 0.1) is 12.2 Å². The molecule has 2 atom stereocenters. The van der Waals surface area contributed by atoms with Crippen molar-refractivity contribution < 1.29 is 23.7 Å². The molecule has 0 spiro atoms. The third-order valence-electron chi connectivity index (χ3n) is 6.36. The van der Waals surface area contributed by atoms with Crippen LogP contribution in [-0.4, -0.2) is 24.8 Å². The molecule has 4 rings (SSSR count). The third kappa shape index (κ3) is 7.94. The molecule has 0 radical (unpaired) electrons. The normalized spacial score (nSPS) is 19.6. The van der Waals surface area contributed by atoms with Gasteiger partial charge >= 0.3 is 0 Å². The summed E-state index contributed by atoms with van der Waals surface area (Å²) in [6.07, 6.45) is 12.3. The molecule has 0 heterocycles. The first-order valence-corrected chi connectivity index (χ1v) is 12.7. The monoisotopic (exact) mass is 454 g/mol. The van der Waals surface area contributed by atoms with E-state index in [0.29, 0.717) is 12.2 Å². The maximum Gasteiger partial charge on any atom is 0.197 e. The van der Waals surface area contributed by atoms with E-state index in [-0.39, 0.29) is 12.6 Å². The van der Waals surface area contributed by atoms with Crippen LogP contribution in [0.2, 0.25) is 0 Å². The van der Waals surface area contributed by atoms with Gasteiger partial charge in [0.1, 0.15) is 23.0 Å². The lowest BCUT2D eigenvalue weighted by Gasteiger charge is -2.26. The van der Waals surface area contributed by atoms with Crippen LogP contribution in [0.4, 0.5) is 0 Å². The summed E-state index contributed by atoms with van der Waals surface area (Å²) in [5.41, 5.74) is 0. The molecule has 5 nitrogen and oxygen atoms in total. The van der Waals surface area contributed by atoms with Gasteiger partial charge in [0, 0.05) is 0 Å². The fraction of sp³-hybridized carbons (Fsp3) is 0.571. The standard InChI is InChI=1S/C28H38O5/c1-21(29-23-9-5-3-6-10-23)31-25-13-17-27(18-14-25)33-28-19-15-26(16-20-28)32-22(2)30-24-11-7-4-8-12-24/h13-24H,3-12H2,1-2H3. The van der Waals surface area contributed by atoms with Crippen LogP contribution in [0.5, 0.6) is 23.0 Å². The molecule has 0 saturated heterocycles. The van der Waals surface area contributed by atoms with Gasteiger partial charge in [-0.15, -0.1) is 0 Å². The number of benzene rings is 2. The van der Waals surface area contributed by atoms with E-state index in [1.165, 1.54) is 38.5 Å². The molecule has 2 aromatic rings. The SMILES string of the molecule is CC(Oc1ccc(Oc2ccc(OC(C)OC3CCCCC3)cc2)cc1)OC1CCCCC1. The van der Waals surface area contributed by atoms with Crippen molar-refractivity contribution in [2.45, 2.75) is 103 Å². The van der Waals surface area contributed by atoms with Crippen LogP contribution in [-0.2, 0) is 9.47 Å². The zero-order valence-corrected chi connectivity index (χ0v) is 20.0. The van der Waals surface area contributed by atoms with Gasteiger partial charge in [-0.1, -0.05) is 38.5 Å². The molecule has 2 saturated carbocycles. The van der Waals surface area contributed by atoms with Crippen LogP contribution in [0.3, 0.4) is 0 Å². The van der Waals surface area contributed by atoms with Gasteiger partial charge in [-0.25, -0.2) is 0 Å². The lowest BCUT2D eigenvalue weighted by molar-refractivity contribution is -0.117. The summed E-state index contributed by atoms with van der Waals surface area (Å²) in [6, 6.07) is 15.3. The molecule has 33 heavy (non-hydrogen) atoms. The van der Waals surface area contributed by atoms with E-state index in [1.54, 1.807) is 0 Å². The zero-order chi connectivity index (χ0) is 22.9. The largest absolute Gasteiger partial charge is 0.465 e. The van der Waals surface area contributed by atoms with Crippen molar-refractivity contribution in [1.29, 1.82) is 0 Å². The number of hydrogen-bond acceptors (Lipinski definition) is 5. The van der Waals surface area contributed by atoms with E-state index in [1.807, 2.05) is 62.4 Å². The van der Waals surface area contributed by atoms with E-state index in [9.17, 15) is 0 Å². The molecule has 0 N–H and O–H groups in total. The van der Waals surface area contributed by atoms with Crippen molar-refractivity contribution in [1.82, 2.24) is 0 Å². The number of rotatable bonds is 10. The van der Waals surface area contributed by atoms with Crippen LogP contribution in [0.1, 0.15) is 78.1 Å². The van der Waals surface area contributed by atoms with Crippen LogP contribution in [0.15, 0.2) is 48.5 Å². The minimum atomic E-state index is -0.253. The van der Waals surface area contributed by atoms with Gasteiger partial charge < -0.3 is 23.7 Å². The molecule has 2 aliphatic carbocycles. The summed E-state index contributed by atoms with van der Waals surface area (Å²) in [4.78, 5) is 0. The van der Waals surface area contributed by atoms with Gasteiger partial charge in [-0.2, -0.15) is 0 Å². The van der Waals surface area contributed by atoms with Gasteiger partial charge in [-0.05, 0) is 88.1 Å². The molecule has 2 fully saturated rings. The average molecular weight is 455 g/mol. The van der Waals surface area contributed by atoms with Crippen LogP contribution in [0.25, 0.3) is 0 Å². The highest BCUT2D eigenvalue weighted by atomic mass is 16.7. The lowest BCUT2D eigenvalue weighted by Crippen LogP contribution is -2.26. The summed E-state index contributed by atoms with van der Waals surface area (Å²) in [6.45, 7) is 3.92. The predicted octanol–water partition coefficient (Wildman–Crippen LogP) is 7.63. The molecule has 0 aromatic heterocycles. The van der Waals surface area contributed by atoms with Crippen LogP contribution >= 0.6 is 0 Å². The topological polar surface area (TPSA) is 46.2 Å². The zero-order valence-electron chi connectivity index (χ0n) is 20.0. The smallest absolute Gasteiger partial charge is 0.197 e. The summed E-state index contributed by atoms with van der Waals surface area (Å²) in [7, 11) is 0. The molecule has 0 aliphatic heterocycles. The van der Waals surface area contributed by atoms with Gasteiger partial charge in [-0.3, -0.25) is 0 Å². The van der Waals surface area contributed by atoms with E-state index in [2.05, 4.69) is 0 Å².